The second kappa shape index (κ2) is 6.25. The van der Waals surface area contributed by atoms with E-state index in [1.165, 1.54) is 0 Å². The lowest BCUT2D eigenvalue weighted by molar-refractivity contribution is -0.166. The maximum Gasteiger partial charge on any atom is 0.406 e. The number of aliphatic carboxylic acids is 1. The van der Waals surface area contributed by atoms with Crippen LogP contribution in [0.5, 0.6) is 0 Å². The second-order valence-electron chi connectivity index (χ2n) is 4.86. The largest absolute Gasteiger partial charge is 0.481 e. The maximum absolute atomic E-state index is 12.4. The summed E-state index contributed by atoms with van der Waals surface area (Å²) in [6.07, 6.45) is -2.76. The molecule has 110 valence electrons. The first-order valence-corrected chi connectivity index (χ1v) is 6.34. The zero-order valence-corrected chi connectivity index (χ0v) is 10.7. The quantitative estimate of drug-likeness (QED) is 0.841. The zero-order valence-electron chi connectivity index (χ0n) is 10.7. The lowest BCUT2D eigenvalue weighted by atomic mass is 9.94. The topological polar surface area (TPSA) is 57.6 Å². The van der Waals surface area contributed by atoms with Gasteiger partial charge >= 0.3 is 12.1 Å². The highest BCUT2D eigenvalue weighted by molar-refractivity contribution is 5.85. The maximum atomic E-state index is 12.4. The summed E-state index contributed by atoms with van der Waals surface area (Å²) < 4.78 is 37.3. The molecule has 4 nitrogen and oxygen atoms in total. The van der Waals surface area contributed by atoms with E-state index in [9.17, 15) is 22.8 Å². The number of alkyl halides is 3. The third kappa shape index (κ3) is 4.40. The molecule has 0 spiro atoms. The van der Waals surface area contributed by atoms with Gasteiger partial charge in [0.1, 0.15) is 6.54 Å². The standard InChI is InChI=1S/C12H18F3NO3/c1-2-6-16(7-12(13,14)15)10(17)8-4-3-5-9(8)11(18)19/h8-9H,2-7H2,1H3,(H,18,19). The number of carboxylic acid groups (broad SMARTS) is 1. The minimum absolute atomic E-state index is 0.00117. The monoisotopic (exact) mass is 281 g/mol. The predicted molar refractivity (Wildman–Crippen MR) is 61.4 cm³/mol. The number of hydrogen-bond donors (Lipinski definition) is 1. The number of halogens is 3. The highest BCUT2D eigenvalue weighted by Crippen LogP contribution is 2.34. The van der Waals surface area contributed by atoms with Crippen molar-refractivity contribution >= 4 is 11.9 Å². The van der Waals surface area contributed by atoms with E-state index < -0.39 is 36.4 Å². The minimum Gasteiger partial charge on any atom is -0.481 e. The van der Waals surface area contributed by atoms with E-state index in [-0.39, 0.29) is 6.54 Å². The van der Waals surface area contributed by atoms with Crippen LogP contribution in [0.25, 0.3) is 0 Å². The highest BCUT2D eigenvalue weighted by atomic mass is 19.4. The number of rotatable bonds is 5. The number of carboxylic acids is 1. The van der Waals surface area contributed by atoms with Crippen molar-refractivity contribution in [3.8, 4) is 0 Å². The molecule has 0 aromatic carbocycles. The molecule has 0 saturated heterocycles. The molecule has 1 amide bonds. The smallest absolute Gasteiger partial charge is 0.406 e. The van der Waals surface area contributed by atoms with Crippen molar-refractivity contribution < 1.29 is 27.9 Å². The Bertz CT molecular complexity index is 344. The van der Waals surface area contributed by atoms with Crippen LogP contribution in [0, 0.1) is 11.8 Å². The predicted octanol–water partition coefficient (Wildman–Crippen LogP) is 2.29. The first kappa shape index (κ1) is 15.8. The van der Waals surface area contributed by atoms with E-state index in [4.69, 9.17) is 5.11 Å². The van der Waals surface area contributed by atoms with E-state index >= 15 is 0 Å². The average molecular weight is 281 g/mol. The molecule has 1 saturated carbocycles. The molecule has 1 fully saturated rings. The van der Waals surface area contributed by atoms with Gasteiger partial charge < -0.3 is 10.0 Å². The Hall–Kier alpha value is -1.27. The van der Waals surface area contributed by atoms with Gasteiger partial charge in [-0.25, -0.2) is 0 Å². The number of hydrogen-bond acceptors (Lipinski definition) is 2. The molecule has 1 N–H and O–H groups in total. The van der Waals surface area contributed by atoms with Gasteiger partial charge in [-0.1, -0.05) is 13.3 Å². The van der Waals surface area contributed by atoms with Gasteiger partial charge in [0, 0.05) is 6.54 Å². The summed E-state index contributed by atoms with van der Waals surface area (Å²) in [5.74, 6) is -3.44. The molecule has 2 atom stereocenters. The number of amides is 1. The van der Waals surface area contributed by atoms with E-state index in [1.54, 1.807) is 6.92 Å². The molecule has 0 heterocycles. The van der Waals surface area contributed by atoms with Crippen LogP contribution in [0.15, 0.2) is 0 Å². The van der Waals surface area contributed by atoms with E-state index in [0.29, 0.717) is 25.7 Å². The number of carbonyl (C=O) groups excluding carboxylic acids is 1. The van der Waals surface area contributed by atoms with Crippen molar-refractivity contribution in [1.82, 2.24) is 4.90 Å². The molecule has 19 heavy (non-hydrogen) atoms. The Morgan fingerprint density at radius 2 is 1.84 bits per heavy atom. The molecule has 1 rings (SSSR count). The van der Waals surface area contributed by atoms with E-state index in [1.807, 2.05) is 0 Å². The molecule has 7 heteroatoms. The van der Waals surface area contributed by atoms with Gasteiger partial charge in [0.05, 0.1) is 11.8 Å². The van der Waals surface area contributed by atoms with Crippen molar-refractivity contribution in [1.29, 1.82) is 0 Å². The minimum atomic E-state index is -4.46. The van der Waals surface area contributed by atoms with Crippen LogP contribution in [0.2, 0.25) is 0 Å². The average Bonchev–Trinajstić information content (AvgIpc) is 2.74. The van der Waals surface area contributed by atoms with Gasteiger partial charge in [-0.15, -0.1) is 0 Å². The van der Waals surface area contributed by atoms with Crippen LogP contribution in [0.4, 0.5) is 13.2 Å². The molecule has 1 aliphatic carbocycles. The van der Waals surface area contributed by atoms with Crippen LogP contribution >= 0.6 is 0 Å². The fourth-order valence-electron chi connectivity index (χ4n) is 2.54. The highest BCUT2D eigenvalue weighted by Gasteiger charge is 2.42. The zero-order chi connectivity index (χ0) is 14.6. The molecule has 0 aromatic rings. The fourth-order valence-corrected chi connectivity index (χ4v) is 2.54. The third-order valence-corrected chi connectivity index (χ3v) is 3.33. The Kier molecular flexibility index (Phi) is 5.20. The summed E-state index contributed by atoms with van der Waals surface area (Å²) >= 11 is 0. The summed E-state index contributed by atoms with van der Waals surface area (Å²) in [5.41, 5.74) is 0. The normalized spacial score (nSPS) is 23.4. The van der Waals surface area contributed by atoms with Crippen molar-refractivity contribution in [3.63, 3.8) is 0 Å². The summed E-state index contributed by atoms with van der Waals surface area (Å²) in [5, 5.41) is 8.98. The fraction of sp³-hybridized carbons (Fsp3) is 0.833. The Morgan fingerprint density at radius 3 is 2.32 bits per heavy atom. The second-order valence-corrected chi connectivity index (χ2v) is 4.86. The van der Waals surface area contributed by atoms with Gasteiger partial charge in [0.2, 0.25) is 5.91 Å². The molecule has 2 unspecified atom stereocenters. The third-order valence-electron chi connectivity index (χ3n) is 3.33. The SMILES string of the molecule is CCCN(CC(F)(F)F)C(=O)C1CCCC1C(=O)O. The van der Waals surface area contributed by atoms with E-state index in [2.05, 4.69) is 0 Å². The van der Waals surface area contributed by atoms with E-state index in [0.717, 1.165) is 4.90 Å². The lowest BCUT2D eigenvalue weighted by Gasteiger charge is -2.27. The Labute approximate surface area is 109 Å². The molecule has 0 bridgehead atoms. The number of carbonyl (C=O) groups is 2. The van der Waals surface area contributed by atoms with Crippen LogP contribution < -0.4 is 0 Å². The Morgan fingerprint density at radius 1 is 1.26 bits per heavy atom. The summed E-state index contributed by atoms with van der Waals surface area (Å²) in [6, 6.07) is 0. The lowest BCUT2D eigenvalue weighted by Crippen LogP contribution is -2.44. The number of nitrogens with zero attached hydrogens (tertiary/aromatic N) is 1. The van der Waals surface area contributed by atoms with Crippen molar-refractivity contribution in [3.05, 3.63) is 0 Å². The van der Waals surface area contributed by atoms with Crippen molar-refractivity contribution in [2.75, 3.05) is 13.1 Å². The molecule has 0 radical (unpaired) electrons. The first-order chi connectivity index (χ1) is 8.76. The van der Waals surface area contributed by atoms with Gasteiger partial charge in [-0.2, -0.15) is 13.2 Å². The first-order valence-electron chi connectivity index (χ1n) is 6.34. The van der Waals surface area contributed by atoms with Crippen LogP contribution in [-0.2, 0) is 9.59 Å². The molecule has 0 aliphatic heterocycles. The van der Waals surface area contributed by atoms with Gasteiger partial charge in [-0.05, 0) is 19.3 Å². The molecular formula is C12H18F3NO3. The van der Waals surface area contributed by atoms with Crippen molar-refractivity contribution in [2.45, 2.75) is 38.8 Å². The molecular weight excluding hydrogens is 263 g/mol. The summed E-state index contributed by atoms with van der Waals surface area (Å²) in [4.78, 5) is 23.8. The van der Waals surface area contributed by atoms with Gasteiger partial charge in [0.25, 0.3) is 0 Å². The van der Waals surface area contributed by atoms with Gasteiger partial charge in [-0.3, -0.25) is 9.59 Å². The van der Waals surface area contributed by atoms with Crippen molar-refractivity contribution in [2.24, 2.45) is 11.8 Å². The van der Waals surface area contributed by atoms with Crippen LogP contribution in [0.1, 0.15) is 32.6 Å². The molecule has 1 aliphatic rings. The Balaban J connectivity index is 2.78. The van der Waals surface area contributed by atoms with Crippen LogP contribution in [0.3, 0.4) is 0 Å². The summed E-state index contributed by atoms with van der Waals surface area (Å²) in [7, 11) is 0. The molecule has 0 aromatic heterocycles. The van der Waals surface area contributed by atoms with Crippen LogP contribution in [-0.4, -0.2) is 41.1 Å². The summed E-state index contributed by atoms with van der Waals surface area (Å²) in [6.45, 7) is 0.379. The van der Waals surface area contributed by atoms with Gasteiger partial charge in [0.15, 0.2) is 0 Å².